The van der Waals surface area contributed by atoms with Crippen LogP contribution in [0.4, 0.5) is 4.39 Å². The first-order valence-electron chi connectivity index (χ1n) is 5.91. The Morgan fingerprint density at radius 1 is 1.39 bits per heavy atom. The van der Waals surface area contributed by atoms with Gasteiger partial charge in [0.1, 0.15) is 5.82 Å². The zero-order chi connectivity index (χ0) is 13.0. The Hall–Kier alpha value is -1.39. The van der Waals surface area contributed by atoms with Crippen LogP contribution >= 0.6 is 11.6 Å². The van der Waals surface area contributed by atoms with Gasteiger partial charge in [-0.2, -0.15) is 5.10 Å². The molecule has 0 saturated carbocycles. The highest BCUT2D eigenvalue weighted by molar-refractivity contribution is 6.30. The van der Waals surface area contributed by atoms with Gasteiger partial charge in [0, 0.05) is 18.8 Å². The number of nitrogens with zero attached hydrogens (tertiary/aromatic N) is 2. The average Bonchev–Trinajstić information content (AvgIpc) is 2.82. The van der Waals surface area contributed by atoms with Crippen molar-refractivity contribution < 1.29 is 4.39 Å². The molecule has 2 aromatic rings. The molecule has 0 atom stereocenters. The van der Waals surface area contributed by atoms with Gasteiger partial charge in [-0.3, -0.25) is 0 Å². The summed E-state index contributed by atoms with van der Waals surface area (Å²) in [6.07, 6.45) is 2.90. The molecular formula is C13H15ClFN3. The lowest BCUT2D eigenvalue weighted by atomic mass is 10.3. The van der Waals surface area contributed by atoms with E-state index in [1.807, 2.05) is 12.3 Å². The van der Waals surface area contributed by atoms with Crippen LogP contribution in [0.5, 0.6) is 0 Å². The standard InChI is InChI=1S/C13H15ClFN3/c1-2-6-16-9-10-5-7-18(17-10)11-3-4-12(14)13(15)8-11/h3-5,7-8,16H,2,6,9H2,1H3. The SMILES string of the molecule is CCCNCc1ccn(-c2ccc(Cl)c(F)c2)n1. The van der Waals surface area contributed by atoms with Crippen molar-refractivity contribution in [1.82, 2.24) is 15.1 Å². The molecule has 1 N–H and O–H groups in total. The zero-order valence-electron chi connectivity index (χ0n) is 10.2. The molecule has 0 unspecified atom stereocenters. The monoisotopic (exact) mass is 267 g/mol. The number of aromatic nitrogens is 2. The molecule has 0 aliphatic heterocycles. The van der Waals surface area contributed by atoms with Crippen molar-refractivity contribution >= 4 is 11.6 Å². The van der Waals surface area contributed by atoms with Crippen LogP contribution in [0.15, 0.2) is 30.5 Å². The number of halogens is 2. The van der Waals surface area contributed by atoms with Gasteiger partial charge in [-0.05, 0) is 31.2 Å². The van der Waals surface area contributed by atoms with E-state index in [1.54, 1.807) is 10.7 Å². The fraction of sp³-hybridized carbons (Fsp3) is 0.308. The summed E-state index contributed by atoms with van der Waals surface area (Å²) in [6, 6.07) is 6.55. The maximum Gasteiger partial charge on any atom is 0.143 e. The molecule has 18 heavy (non-hydrogen) atoms. The molecule has 3 nitrogen and oxygen atoms in total. The van der Waals surface area contributed by atoms with E-state index < -0.39 is 5.82 Å². The van der Waals surface area contributed by atoms with Crippen molar-refractivity contribution in [2.24, 2.45) is 0 Å². The average molecular weight is 268 g/mol. The molecule has 0 fully saturated rings. The minimum Gasteiger partial charge on any atom is -0.311 e. The van der Waals surface area contributed by atoms with E-state index in [0.29, 0.717) is 5.69 Å². The lowest BCUT2D eigenvalue weighted by molar-refractivity contribution is 0.624. The van der Waals surface area contributed by atoms with Crippen molar-refractivity contribution in [1.29, 1.82) is 0 Å². The molecule has 2 rings (SSSR count). The molecule has 0 bridgehead atoms. The molecule has 1 aromatic heterocycles. The quantitative estimate of drug-likeness (QED) is 0.844. The maximum absolute atomic E-state index is 13.3. The van der Waals surface area contributed by atoms with Gasteiger partial charge in [0.25, 0.3) is 0 Å². The van der Waals surface area contributed by atoms with Crippen LogP contribution in [-0.4, -0.2) is 16.3 Å². The number of nitrogens with one attached hydrogen (secondary N) is 1. The molecule has 1 aromatic carbocycles. The van der Waals surface area contributed by atoms with Gasteiger partial charge in [-0.25, -0.2) is 9.07 Å². The van der Waals surface area contributed by atoms with Crippen LogP contribution in [0.3, 0.4) is 0 Å². The van der Waals surface area contributed by atoms with E-state index in [4.69, 9.17) is 11.6 Å². The fourth-order valence-electron chi connectivity index (χ4n) is 1.62. The summed E-state index contributed by atoms with van der Waals surface area (Å²) in [7, 11) is 0. The second-order valence-electron chi connectivity index (χ2n) is 4.03. The van der Waals surface area contributed by atoms with Crippen LogP contribution in [-0.2, 0) is 6.54 Å². The summed E-state index contributed by atoms with van der Waals surface area (Å²) < 4.78 is 15.0. The van der Waals surface area contributed by atoms with Crippen LogP contribution in [0.2, 0.25) is 5.02 Å². The molecule has 96 valence electrons. The molecule has 0 aliphatic rings. The Morgan fingerprint density at radius 2 is 2.22 bits per heavy atom. The van der Waals surface area contributed by atoms with Gasteiger partial charge in [0.05, 0.1) is 16.4 Å². The Balaban J connectivity index is 2.11. The van der Waals surface area contributed by atoms with E-state index in [9.17, 15) is 4.39 Å². The highest BCUT2D eigenvalue weighted by Crippen LogP contribution is 2.17. The van der Waals surface area contributed by atoms with Crippen molar-refractivity contribution in [3.8, 4) is 5.69 Å². The summed E-state index contributed by atoms with van der Waals surface area (Å²) >= 11 is 5.64. The normalized spacial score (nSPS) is 10.8. The van der Waals surface area contributed by atoms with Gasteiger partial charge in [-0.15, -0.1) is 0 Å². The van der Waals surface area contributed by atoms with Gasteiger partial charge in [0.2, 0.25) is 0 Å². The minimum absolute atomic E-state index is 0.121. The van der Waals surface area contributed by atoms with Crippen molar-refractivity contribution in [3.63, 3.8) is 0 Å². The zero-order valence-corrected chi connectivity index (χ0v) is 10.9. The molecule has 1 heterocycles. The first-order chi connectivity index (χ1) is 8.70. The molecule has 5 heteroatoms. The lowest BCUT2D eigenvalue weighted by Crippen LogP contribution is -2.14. The number of hydrogen-bond acceptors (Lipinski definition) is 2. The largest absolute Gasteiger partial charge is 0.311 e. The van der Waals surface area contributed by atoms with Gasteiger partial charge >= 0.3 is 0 Å². The Kier molecular flexibility index (Phi) is 4.33. The first-order valence-corrected chi connectivity index (χ1v) is 6.29. The predicted molar refractivity (Wildman–Crippen MR) is 70.5 cm³/mol. The number of benzene rings is 1. The molecule has 0 radical (unpaired) electrons. The van der Waals surface area contributed by atoms with Crippen LogP contribution in [0.1, 0.15) is 19.0 Å². The molecule has 0 aliphatic carbocycles. The topological polar surface area (TPSA) is 29.9 Å². The smallest absolute Gasteiger partial charge is 0.143 e. The third-order valence-electron chi connectivity index (χ3n) is 2.54. The second-order valence-corrected chi connectivity index (χ2v) is 4.43. The van der Waals surface area contributed by atoms with E-state index in [1.165, 1.54) is 12.1 Å². The number of rotatable bonds is 5. The summed E-state index contributed by atoms with van der Waals surface area (Å²) in [6.45, 7) is 3.79. The van der Waals surface area contributed by atoms with E-state index in [2.05, 4.69) is 17.3 Å². The molecule has 0 saturated heterocycles. The second kappa shape index (κ2) is 5.98. The Labute approximate surface area is 111 Å². The van der Waals surface area contributed by atoms with Crippen LogP contribution in [0, 0.1) is 5.82 Å². The lowest BCUT2D eigenvalue weighted by Gasteiger charge is -2.03. The van der Waals surface area contributed by atoms with Gasteiger partial charge < -0.3 is 5.32 Å². The third kappa shape index (κ3) is 3.09. The van der Waals surface area contributed by atoms with E-state index in [-0.39, 0.29) is 5.02 Å². The van der Waals surface area contributed by atoms with Crippen molar-refractivity contribution in [2.75, 3.05) is 6.54 Å². The maximum atomic E-state index is 13.3. The first kappa shape index (κ1) is 13.1. The van der Waals surface area contributed by atoms with Gasteiger partial charge in [0.15, 0.2) is 0 Å². The minimum atomic E-state index is -0.435. The summed E-state index contributed by atoms with van der Waals surface area (Å²) in [5.41, 5.74) is 1.59. The van der Waals surface area contributed by atoms with Crippen molar-refractivity contribution in [2.45, 2.75) is 19.9 Å². The molecule has 0 amide bonds. The van der Waals surface area contributed by atoms with E-state index in [0.717, 1.165) is 25.2 Å². The molecular weight excluding hydrogens is 253 g/mol. The predicted octanol–water partition coefficient (Wildman–Crippen LogP) is 3.16. The van der Waals surface area contributed by atoms with E-state index >= 15 is 0 Å². The highest BCUT2D eigenvalue weighted by Gasteiger charge is 2.04. The van der Waals surface area contributed by atoms with Crippen LogP contribution in [0.25, 0.3) is 5.69 Å². The van der Waals surface area contributed by atoms with Crippen LogP contribution < -0.4 is 5.32 Å². The highest BCUT2D eigenvalue weighted by atomic mass is 35.5. The summed E-state index contributed by atoms with van der Waals surface area (Å²) in [4.78, 5) is 0. The summed E-state index contributed by atoms with van der Waals surface area (Å²) in [5, 5.41) is 7.75. The fourth-order valence-corrected chi connectivity index (χ4v) is 1.74. The van der Waals surface area contributed by atoms with Gasteiger partial charge in [-0.1, -0.05) is 18.5 Å². The number of hydrogen-bond donors (Lipinski definition) is 1. The Bertz CT molecular complexity index is 525. The molecule has 0 spiro atoms. The van der Waals surface area contributed by atoms with Crippen molar-refractivity contribution in [3.05, 3.63) is 47.0 Å². The third-order valence-corrected chi connectivity index (χ3v) is 2.85. The Morgan fingerprint density at radius 3 is 2.94 bits per heavy atom. The summed E-state index contributed by atoms with van der Waals surface area (Å²) in [5.74, 6) is -0.435.